The molecule has 0 spiro atoms. The molecule has 3 aromatic rings. The molecule has 6 heteroatoms. The fourth-order valence-electron chi connectivity index (χ4n) is 2.27. The molecule has 3 rings (SSSR count). The zero-order valence-electron chi connectivity index (χ0n) is 12.6. The van der Waals surface area contributed by atoms with Crippen molar-refractivity contribution in [3.05, 3.63) is 48.7 Å². The summed E-state index contributed by atoms with van der Waals surface area (Å²) in [5.74, 6) is 0.603. The highest BCUT2D eigenvalue weighted by Crippen LogP contribution is 2.20. The molecule has 1 amide bonds. The van der Waals surface area contributed by atoms with E-state index in [0.29, 0.717) is 30.9 Å². The number of hydrogen-bond acceptors (Lipinski definition) is 4. The van der Waals surface area contributed by atoms with Gasteiger partial charge in [0.2, 0.25) is 5.91 Å². The maximum absolute atomic E-state index is 11.9. The fraction of sp³-hybridized carbons (Fsp3) is 0.176. The van der Waals surface area contributed by atoms with E-state index in [1.165, 1.54) is 0 Å². The first-order valence-corrected chi connectivity index (χ1v) is 7.43. The van der Waals surface area contributed by atoms with Gasteiger partial charge in [0, 0.05) is 17.5 Å². The number of nitrogen functional groups attached to an aromatic ring is 1. The molecule has 0 radical (unpaired) electrons. The van der Waals surface area contributed by atoms with Crippen molar-refractivity contribution in [2.75, 3.05) is 17.7 Å². The number of aromatic amines is 1. The molecule has 118 valence electrons. The average molecular weight is 310 g/mol. The molecule has 6 nitrogen and oxygen atoms in total. The van der Waals surface area contributed by atoms with Gasteiger partial charge in [0.25, 0.3) is 0 Å². The molecule has 0 aliphatic rings. The van der Waals surface area contributed by atoms with E-state index in [4.69, 9.17) is 10.5 Å². The monoisotopic (exact) mass is 310 g/mol. The van der Waals surface area contributed by atoms with E-state index in [0.717, 1.165) is 16.6 Å². The molecule has 23 heavy (non-hydrogen) atoms. The predicted octanol–water partition coefficient (Wildman–Crippen LogP) is 2.94. The first kappa shape index (κ1) is 14.9. The maximum atomic E-state index is 11.9. The number of aromatic nitrogens is 2. The van der Waals surface area contributed by atoms with E-state index < -0.39 is 0 Å². The smallest absolute Gasteiger partial charge is 0.224 e. The molecule has 4 N–H and O–H groups in total. The predicted molar refractivity (Wildman–Crippen MR) is 90.3 cm³/mol. The van der Waals surface area contributed by atoms with Crippen LogP contribution in [0.4, 0.5) is 11.4 Å². The van der Waals surface area contributed by atoms with Crippen molar-refractivity contribution < 1.29 is 9.53 Å². The Morgan fingerprint density at radius 3 is 3.00 bits per heavy atom. The van der Waals surface area contributed by atoms with Gasteiger partial charge in [-0.25, -0.2) is 0 Å². The molecule has 1 heterocycles. The normalized spacial score (nSPS) is 10.6. The van der Waals surface area contributed by atoms with Crippen molar-refractivity contribution in [3.63, 3.8) is 0 Å². The molecule has 0 fully saturated rings. The number of ether oxygens (including phenoxy) is 1. The second kappa shape index (κ2) is 6.83. The number of nitrogens with one attached hydrogen (secondary N) is 2. The lowest BCUT2D eigenvalue weighted by atomic mass is 10.2. The molecule has 0 aliphatic heterocycles. The number of para-hydroxylation sites is 2. The average Bonchev–Trinajstić information content (AvgIpc) is 3.01. The summed E-state index contributed by atoms with van der Waals surface area (Å²) in [5.41, 5.74) is 8.03. The number of benzene rings is 2. The number of carbonyl (C=O) groups excluding carboxylic acids is 1. The highest BCUT2D eigenvalue weighted by Gasteiger charge is 2.05. The molecule has 0 saturated heterocycles. The van der Waals surface area contributed by atoms with Gasteiger partial charge in [-0.3, -0.25) is 9.89 Å². The van der Waals surface area contributed by atoms with Crippen LogP contribution in [0.3, 0.4) is 0 Å². The van der Waals surface area contributed by atoms with Crippen molar-refractivity contribution in [1.29, 1.82) is 0 Å². The number of anilines is 2. The van der Waals surface area contributed by atoms with E-state index >= 15 is 0 Å². The summed E-state index contributed by atoms with van der Waals surface area (Å²) < 4.78 is 5.57. The summed E-state index contributed by atoms with van der Waals surface area (Å²) in [6.07, 6.45) is 2.74. The van der Waals surface area contributed by atoms with E-state index in [1.54, 1.807) is 12.3 Å². The lowest BCUT2D eigenvalue weighted by Gasteiger charge is -2.09. The maximum Gasteiger partial charge on any atom is 0.224 e. The number of fused-ring (bicyclic) bond motifs is 1. The summed E-state index contributed by atoms with van der Waals surface area (Å²) in [6.45, 7) is 0.446. The lowest BCUT2D eigenvalue weighted by molar-refractivity contribution is -0.116. The zero-order valence-corrected chi connectivity index (χ0v) is 12.6. The third-order valence-corrected chi connectivity index (χ3v) is 3.45. The van der Waals surface area contributed by atoms with Crippen molar-refractivity contribution in [1.82, 2.24) is 10.2 Å². The minimum atomic E-state index is -0.0477. The molecule has 0 saturated carbocycles. The van der Waals surface area contributed by atoms with Crippen LogP contribution < -0.4 is 15.8 Å². The number of nitrogens with zero attached hydrogens (tertiary/aromatic N) is 1. The van der Waals surface area contributed by atoms with E-state index in [-0.39, 0.29) is 5.91 Å². The third-order valence-electron chi connectivity index (χ3n) is 3.45. The Balaban J connectivity index is 1.45. The molecular formula is C17H18N4O2. The number of amides is 1. The Morgan fingerprint density at radius 2 is 2.13 bits per heavy atom. The van der Waals surface area contributed by atoms with Gasteiger partial charge in [0.1, 0.15) is 5.75 Å². The first-order valence-electron chi connectivity index (χ1n) is 7.43. The lowest BCUT2D eigenvalue weighted by Crippen LogP contribution is -2.12. The largest absolute Gasteiger partial charge is 0.491 e. The third kappa shape index (κ3) is 3.79. The summed E-state index contributed by atoms with van der Waals surface area (Å²) >= 11 is 0. The van der Waals surface area contributed by atoms with Gasteiger partial charge in [-0.15, -0.1) is 0 Å². The fourth-order valence-corrected chi connectivity index (χ4v) is 2.27. The summed E-state index contributed by atoms with van der Waals surface area (Å²) in [4.78, 5) is 11.9. The van der Waals surface area contributed by atoms with Gasteiger partial charge in [0.15, 0.2) is 0 Å². The van der Waals surface area contributed by atoms with Crippen molar-refractivity contribution >= 4 is 28.2 Å². The van der Waals surface area contributed by atoms with Crippen molar-refractivity contribution in [3.8, 4) is 5.75 Å². The highest BCUT2D eigenvalue weighted by molar-refractivity contribution is 5.93. The van der Waals surface area contributed by atoms with Crippen molar-refractivity contribution in [2.45, 2.75) is 12.8 Å². The molecule has 0 aliphatic carbocycles. The second-order valence-corrected chi connectivity index (χ2v) is 5.21. The van der Waals surface area contributed by atoms with Crippen LogP contribution in [0.2, 0.25) is 0 Å². The Hall–Kier alpha value is -3.02. The van der Waals surface area contributed by atoms with Gasteiger partial charge >= 0.3 is 0 Å². The van der Waals surface area contributed by atoms with Crippen LogP contribution >= 0.6 is 0 Å². The minimum Gasteiger partial charge on any atom is -0.491 e. The van der Waals surface area contributed by atoms with Crippen LogP contribution in [0.5, 0.6) is 5.75 Å². The van der Waals surface area contributed by atoms with Gasteiger partial charge in [-0.1, -0.05) is 12.1 Å². The molecule has 2 aromatic carbocycles. The second-order valence-electron chi connectivity index (χ2n) is 5.21. The van der Waals surface area contributed by atoms with Crippen LogP contribution in [0.1, 0.15) is 12.8 Å². The Kier molecular flexibility index (Phi) is 4.42. The first-order chi connectivity index (χ1) is 11.2. The molecule has 0 atom stereocenters. The van der Waals surface area contributed by atoms with E-state index in [1.807, 2.05) is 36.4 Å². The van der Waals surface area contributed by atoms with Crippen LogP contribution in [0, 0.1) is 0 Å². The summed E-state index contributed by atoms with van der Waals surface area (Å²) in [5, 5.41) is 10.7. The summed E-state index contributed by atoms with van der Waals surface area (Å²) in [6, 6.07) is 13.0. The SMILES string of the molecule is Nc1ccccc1OCCCC(=O)Nc1ccc2cn[nH]c2c1. The van der Waals surface area contributed by atoms with Crippen molar-refractivity contribution in [2.24, 2.45) is 0 Å². The number of carbonyl (C=O) groups is 1. The quantitative estimate of drug-likeness (QED) is 0.482. The zero-order chi connectivity index (χ0) is 16.1. The van der Waals surface area contributed by atoms with Crippen LogP contribution in [0.25, 0.3) is 10.9 Å². The van der Waals surface area contributed by atoms with Crippen LogP contribution in [0.15, 0.2) is 48.7 Å². The van der Waals surface area contributed by atoms with E-state index in [2.05, 4.69) is 15.5 Å². The topological polar surface area (TPSA) is 93.0 Å². The Morgan fingerprint density at radius 1 is 1.26 bits per heavy atom. The Labute approximate surface area is 133 Å². The number of nitrogens with two attached hydrogens (primary N) is 1. The Bertz CT molecular complexity index is 813. The number of rotatable bonds is 6. The molecular weight excluding hydrogens is 292 g/mol. The minimum absolute atomic E-state index is 0.0477. The number of hydrogen-bond donors (Lipinski definition) is 3. The summed E-state index contributed by atoms with van der Waals surface area (Å²) in [7, 11) is 0. The molecule has 0 unspecified atom stereocenters. The highest BCUT2D eigenvalue weighted by atomic mass is 16.5. The molecule has 1 aromatic heterocycles. The molecule has 0 bridgehead atoms. The van der Waals surface area contributed by atoms with Gasteiger partial charge < -0.3 is 15.8 Å². The number of H-pyrrole nitrogens is 1. The van der Waals surface area contributed by atoms with E-state index in [9.17, 15) is 4.79 Å². The van der Waals surface area contributed by atoms with Gasteiger partial charge in [-0.05, 0) is 36.8 Å². The van der Waals surface area contributed by atoms with Gasteiger partial charge in [0.05, 0.1) is 24.0 Å². The van der Waals surface area contributed by atoms with Crippen LogP contribution in [-0.4, -0.2) is 22.7 Å². The van der Waals surface area contributed by atoms with Gasteiger partial charge in [-0.2, -0.15) is 5.10 Å². The van der Waals surface area contributed by atoms with Crippen LogP contribution in [-0.2, 0) is 4.79 Å². The standard InChI is InChI=1S/C17H18N4O2/c18-14-4-1-2-5-16(14)23-9-3-6-17(22)20-13-8-7-12-11-19-21-15(12)10-13/h1-2,4-5,7-8,10-11H,3,6,9,18H2,(H,19,21)(H,20,22).